The molecule has 2 heterocycles. The van der Waals surface area contributed by atoms with Gasteiger partial charge in [0.25, 0.3) is 0 Å². The minimum Gasteiger partial charge on any atom is -0.393 e. The number of benzene rings is 1. The van der Waals surface area contributed by atoms with E-state index in [1.54, 1.807) is 4.68 Å². The molecule has 0 unspecified atom stereocenters. The summed E-state index contributed by atoms with van der Waals surface area (Å²) < 4.78 is 3.94. The molecule has 0 spiro atoms. The van der Waals surface area contributed by atoms with Crippen LogP contribution >= 0.6 is 12.2 Å². The van der Waals surface area contributed by atoms with Gasteiger partial charge in [0.05, 0.1) is 35.2 Å². The highest BCUT2D eigenvalue weighted by Gasteiger charge is 2.12. The number of rotatable bonds is 4. The second-order valence-electron chi connectivity index (χ2n) is 4.77. The number of thiocarbonyl (C=S) groups is 1. The van der Waals surface area contributed by atoms with Gasteiger partial charge in [0, 0.05) is 18.8 Å². The van der Waals surface area contributed by atoms with E-state index in [9.17, 15) is 0 Å². The summed E-state index contributed by atoms with van der Waals surface area (Å²) in [7, 11) is 1.91. The van der Waals surface area contributed by atoms with Crippen LogP contribution in [0.5, 0.6) is 0 Å². The van der Waals surface area contributed by atoms with E-state index in [0.29, 0.717) is 18.0 Å². The third-order valence-corrected chi connectivity index (χ3v) is 3.31. The number of imidazole rings is 1. The fraction of sp³-hybridized carbons (Fsp3) is 0.214. The van der Waals surface area contributed by atoms with E-state index in [2.05, 4.69) is 20.7 Å². The molecule has 0 radical (unpaired) electrons. The van der Waals surface area contributed by atoms with Crippen LogP contribution < -0.4 is 5.73 Å². The number of aromatic nitrogens is 4. The Morgan fingerprint density at radius 1 is 1.35 bits per heavy atom. The summed E-state index contributed by atoms with van der Waals surface area (Å²) in [6.07, 6.45) is 4.36. The van der Waals surface area contributed by atoms with Crippen molar-refractivity contribution in [3.63, 3.8) is 0 Å². The maximum atomic E-state index is 5.67. The number of nitrogens with zero attached hydrogens (tertiary/aromatic N) is 4. The second kappa shape index (κ2) is 5.05. The zero-order valence-corrected chi connectivity index (χ0v) is 12.0. The molecular formula is C14H15N5S. The lowest BCUT2D eigenvalue weighted by Gasteiger charge is -2.07. The van der Waals surface area contributed by atoms with Gasteiger partial charge in [0.1, 0.15) is 5.82 Å². The molecule has 6 heteroatoms. The van der Waals surface area contributed by atoms with E-state index in [4.69, 9.17) is 18.0 Å². The minimum absolute atomic E-state index is 0.452. The Kier molecular flexibility index (Phi) is 3.23. The largest absolute Gasteiger partial charge is 0.393 e. The number of hydrogen-bond donors (Lipinski definition) is 1. The SMILES string of the molecule is Cn1cc(Cn2c(CC(N)=S)nc3ccccc32)cn1. The van der Waals surface area contributed by atoms with Gasteiger partial charge in [0.15, 0.2) is 0 Å². The van der Waals surface area contributed by atoms with Gasteiger partial charge < -0.3 is 10.3 Å². The molecule has 5 nitrogen and oxygen atoms in total. The number of fused-ring (bicyclic) bond motifs is 1. The van der Waals surface area contributed by atoms with Crippen LogP contribution in [0.25, 0.3) is 11.0 Å². The number of para-hydroxylation sites is 2. The number of nitrogens with two attached hydrogens (primary N) is 1. The molecule has 2 aromatic heterocycles. The van der Waals surface area contributed by atoms with Gasteiger partial charge in [-0.05, 0) is 12.1 Å². The van der Waals surface area contributed by atoms with Gasteiger partial charge in [-0.2, -0.15) is 5.10 Å². The Hall–Kier alpha value is -2.21. The monoisotopic (exact) mass is 285 g/mol. The molecule has 0 atom stereocenters. The van der Waals surface area contributed by atoms with Crippen LogP contribution in [0.3, 0.4) is 0 Å². The van der Waals surface area contributed by atoms with Crippen molar-refractivity contribution in [2.75, 3.05) is 0 Å². The van der Waals surface area contributed by atoms with Crippen LogP contribution in [0, 0.1) is 0 Å². The van der Waals surface area contributed by atoms with E-state index >= 15 is 0 Å². The van der Waals surface area contributed by atoms with Crippen LogP contribution in [-0.2, 0) is 20.0 Å². The lowest BCUT2D eigenvalue weighted by Crippen LogP contribution is -2.15. The number of aryl methyl sites for hydroxylation is 1. The fourth-order valence-corrected chi connectivity index (χ4v) is 2.46. The molecule has 0 saturated carbocycles. The Morgan fingerprint density at radius 3 is 2.85 bits per heavy atom. The summed E-state index contributed by atoms with van der Waals surface area (Å²) in [5.74, 6) is 0.891. The highest BCUT2D eigenvalue weighted by atomic mass is 32.1. The minimum atomic E-state index is 0.452. The smallest absolute Gasteiger partial charge is 0.116 e. The van der Waals surface area contributed by atoms with Gasteiger partial charge in [-0.3, -0.25) is 4.68 Å². The highest BCUT2D eigenvalue weighted by Crippen LogP contribution is 2.18. The van der Waals surface area contributed by atoms with E-state index in [-0.39, 0.29) is 0 Å². The Balaban J connectivity index is 2.08. The van der Waals surface area contributed by atoms with Crippen LogP contribution in [-0.4, -0.2) is 24.3 Å². The molecule has 3 rings (SSSR count). The summed E-state index contributed by atoms with van der Waals surface area (Å²) >= 11 is 5.02. The van der Waals surface area contributed by atoms with Crippen molar-refractivity contribution < 1.29 is 0 Å². The average molecular weight is 285 g/mol. The zero-order chi connectivity index (χ0) is 14.1. The molecule has 20 heavy (non-hydrogen) atoms. The molecule has 1 aromatic carbocycles. The highest BCUT2D eigenvalue weighted by molar-refractivity contribution is 7.80. The van der Waals surface area contributed by atoms with Gasteiger partial charge in [-0.1, -0.05) is 24.4 Å². The van der Waals surface area contributed by atoms with E-state index in [1.807, 2.05) is 37.6 Å². The summed E-state index contributed by atoms with van der Waals surface area (Å²) in [6, 6.07) is 8.04. The van der Waals surface area contributed by atoms with Crippen LogP contribution in [0.15, 0.2) is 36.7 Å². The molecule has 3 aromatic rings. The van der Waals surface area contributed by atoms with Crippen molar-refractivity contribution in [1.29, 1.82) is 0 Å². The third kappa shape index (κ3) is 2.42. The molecular weight excluding hydrogens is 270 g/mol. The lowest BCUT2D eigenvalue weighted by atomic mass is 10.3. The van der Waals surface area contributed by atoms with Gasteiger partial charge in [0.2, 0.25) is 0 Å². The second-order valence-corrected chi connectivity index (χ2v) is 5.29. The summed E-state index contributed by atoms with van der Waals surface area (Å²) in [6.45, 7) is 0.715. The quantitative estimate of drug-likeness (QED) is 0.740. The molecule has 0 aliphatic heterocycles. The summed E-state index contributed by atoms with van der Waals surface area (Å²) in [4.78, 5) is 5.08. The van der Waals surface area contributed by atoms with Crippen molar-refractivity contribution in [1.82, 2.24) is 19.3 Å². The summed E-state index contributed by atoms with van der Waals surface area (Å²) in [5, 5.41) is 4.20. The maximum Gasteiger partial charge on any atom is 0.116 e. The first kappa shape index (κ1) is 12.8. The summed E-state index contributed by atoms with van der Waals surface area (Å²) in [5.41, 5.74) is 8.85. The third-order valence-electron chi connectivity index (χ3n) is 3.16. The lowest BCUT2D eigenvalue weighted by molar-refractivity contribution is 0.757. The van der Waals surface area contributed by atoms with Crippen molar-refractivity contribution in [2.24, 2.45) is 12.8 Å². The molecule has 0 fully saturated rings. The average Bonchev–Trinajstić information content (AvgIpc) is 2.95. The van der Waals surface area contributed by atoms with Crippen molar-refractivity contribution in [3.05, 3.63) is 48.0 Å². The van der Waals surface area contributed by atoms with E-state index in [0.717, 1.165) is 22.4 Å². The molecule has 102 valence electrons. The molecule has 0 bridgehead atoms. The zero-order valence-electron chi connectivity index (χ0n) is 11.2. The Bertz CT molecular complexity index is 771. The van der Waals surface area contributed by atoms with Gasteiger partial charge in [-0.15, -0.1) is 0 Å². The molecule has 0 amide bonds. The molecule has 0 aliphatic rings. The topological polar surface area (TPSA) is 61.7 Å². The first-order chi connectivity index (χ1) is 9.63. The normalized spacial score (nSPS) is 11.1. The first-order valence-electron chi connectivity index (χ1n) is 6.33. The molecule has 0 saturated heterocycles. The van der Waals surface area contributed by atoms with Crippen molar-refractivity contribution in [3.8, 4) is 0 Å². The van der Waals surface area contributed by atoms with Crippen LogP contribution in [0.1, 0.15) is 11.4 Å². The Morgan fingerprint density at radius 2 is 2.15 bits per heavy atom. The predicted octanol–water partition coefficient (Wildman–Crippen LogP) is 1.65. The standard InChI is InChI=1S/C14H15N5S/c1-18-8-10(7-16-18)9-19-12-5-3-2-4-11(12)17-14(19)6-13(15)20/h2-5,7-8H,6,9H2,1H3,(H2,15,20). The molecule has 0 aliphatic carbocycles. The van der Waals surface area contributed by atoms with Crippen molar-refractivity contribution >= 4 is 28.2 Å². The van der Waals surface area contributed by atoms with Crippen molar-refractivity contribution in [2.45, 2.75) is 13.0 Å². The maximum absolute atomic E-state index is 5.67. The van der Waals surface area contributed by atoms with Crippen LogP contribution in [0.4, 0.5) is 0 Å². The number of hydrogen-bond acceptors (Lipinski definition) is 3. The first-order valence-corrected chi connectivity index (χ1v) is 6.74. The fourth-order valence-electron chi connectivity index (χ4n) is 2.33. The van der Waals surface area contributed by atoms with Gasteiger partial charge >= 0.3 is 0 Å². The molecule has 2 N–H and O–H groups in total. The van der Waals surface area contributed by atoms with E-state index < -0.39 is 0 Å². The Labute approximate surface area is 122 Å². The van der Waals surface area contributed by atoms with E-state index in [1.165, 1.54) is 0 Å². The van der Waals surface area contributed by atoms with Gasteiger partial charge in [-0.25, -0.2) is 4.98 Å². The van der Waals surface area contributed by atoms with Crippen LogP contribution in [0.2, 0.25) is 0 Å². The predicted molar refractivity (Wildman–Crippen MR) is 82.5 cm³/mol.